The summed E-state index contributed by atoms with van der Waals surface area (Å²) in [6.07, 6.45) is 2.14. The Morgan fingerprint density at radius 3 is 2.55 bits per heavy atom. The Morgan fingerprint density at radius 2 is 1.83 bits per heavy atom. The summed E-state index contributed by atoms with van der Waals surface area (Å²) >= 11 is 0. The van der Waals surface area contributed by atoms with Gasteiger partial charge in [0.25, 0.3) is 0 Å². The molecule has 7 heteroatoms. The first-order valence-electron chi connectivity index (χ1n) is 9.81. The lowest BCUT2D eigenvalue weighted by Crippen LogP contribution is -2.37. The maximum absolute atomic E-state index is 13.0. The van der Waals surface area contributed by atoms with Crippen molar-refractivity contribution >= 4 is 28.3 Å². The Morgan fingerprint density at radius 1 is 1.14 bits per heavy atom. The van der Waals surface area contributed by atoms with Crippen LogP contribution in [-0.4, -0.2) is 28.5 Å². The van der Waals surface area contributed by atoms with Gasteiger partial charge in [0.05, 0.1) is 5.52 Å². The van der Waals surface area contributed by atoms with Crippen LogP contribution < -0.4 is 15.9 Å². The van der Waals surface area contributed by atoms with Gasteiger partial charge in [-0.05, 0) is 55.2 Å². The maximum Gasteiger partial charge on any atom is 0.350 e. The number of nitrogens with one attached hydrogen (secondary N) is 1. The molecule has 0 saturated carbocycles. The SMILES string of the molecule is CC1CCN(c2nc(=O)n(CC(=O)Nc3ccc(F)cc3)c3ccccc23)CC1. The van der Waals surface area contributed by atoms with Gasteiger partial charge >= 0.3 is 5.69 Å². The second-order valence-corrected chi connectivity index (χ2v) is 7.55. The highest BCUT2D eigenvalue weighted by atomic mass is 19.1. The summed E-state index contributed by atoms with van der Waals surface area (Å²) < 4.78 is 14.4. The molecular weight excluding hydrogens is 371 g/mol. The Hall–Kier alpha value is -3.22. The van der Waals surface area contributed by atoms with E-state index < -0.39 is 5.69 Å². The number of fused-ring (bicyclic) bond motifs is 1. The molecule has 0 bridgehead atoms. The topological polar surface area (TPSA) is 67.2 Å². The van der Waals surface area contributed by atoms with E-state index in [4.69, 9.17) is 0 Å². The summed E-state index contributed by atoms with van der Waals surface area (Å²) in [5.74, 6) is 0.614. The van der Waals surface area contributed by atoms with E-state index >= 15 is 0 Å². The fraction of sp³-hybridized carbons (Fsp3) is 0.318. The number of para-hydroxylation sites is 1. The molecule has 1 fully saturated rings. The fourth-order valence-corrected chi connectivity index (χ4v) is 3.70. The van der Waals surface area contributed by atoms with Crippen molar-refractivity contribution in [2.24, 2.45) is 5.92 Å². The monoisotopic (exact) mass is 394 g/mol. The highest BCUT2D eigenvalue weighted by Gasteiger charge is 2.21. The number of anilines is 2. The summed E-state index contributed by atoms with van der Waals surface area (Å²) in [4.78, 5) is 31.8. The van der Waals surface area contributed by atoms with E-state index in [0.717, 1.165) is 31.3 Å². The van der Waals surface area contributed by atoms with Crippen LogP contribution >= 0.6 is 0 Å². The van der Waals surface area contributed by atoms with Crippen LogP contribution in [0.4, 0.5) is 15.9 Å². The predicted molar refractivity (Wildman–Crippen MR) is 112 cm³/mol. The minimum atomic E-state index is -0.452. The van der Waals surface area contributed by atoms with E-state index in [-0.39, 0.29) is 18.3 Å². The molecule has 1 saturated heterocycles. The van der Waals surface area contributed by atoms with Gasteiger partial charge in [0.2, 0.25) is 5.91 Å². The molecule has 2 aromatic carbocycles. The van der Waals surface area contributed by atoms with Crippen LogP contribution in [0, 0.1) is 11.7 Å². The highest BCUT2D eigenvalue weighted by molar-refractivity contribution is 5.93. The number of piperidine rings is 1. The van der Waals surface area contributed by atoms with E-state index in [9.17, 15) is 14.0 Å². The number of carbonyl (C=O) groups is 1. The van der Waals surface area contributed by atoms with E-state index in [2.05, 4.69) is 22.1 Å². The van der Waals surface area contributed by atoms with E-state index in [1.807, 2.05) is 24.3 Å². The van der Waals surface area contributed by atoms with Crippen LogP contribution in [-0.2, 0) is 11.3 Å². The molecule has 1 aliphatic heterocycles. The summed E-state index contributed by atoms with van der Waals surface area (Å²) in [5, 5.41) is 3.55. The Kier molecular flexibility index (Phi) is 5.29. The maximum atomic E-state index is 13.0. The predicted octanol–water partition coefficient (Wildman–Crippen LogP) is 3.41. The number of hydrogen-bond acceptors (Lipinski definition) is 4. The molecule has 29 heavy (non-hydrogen) atoms. The van der Waals surface area contributed by atoms with Crippen LogP contribution in [0.2, 0.25) is 0 Å². The lowest BCUT2D eigenvalue weighted by atomic mass is 9.99. The fourth-order valence-electron chi connectivity index (χ4n) is 3.70. The zero-order valence-corrected chi connectivity index (χ0v) is 16.3. The van der Waals surface area contributed by atoms with Gasteiger partial charge in [-0.15, -0.1) is 0 Å². The summed E-state index contributed by atoms with van der Waals surface area (Å²) in [7, 11) is 0. The van der Waals surface area contributed by atoms with E-state index in [0.29, 0.717) is 22.9 Å². The molecule has 0 spiro atoms. The summed E-state index contributed by atoms with van der Waals surface area (Å²) in [6, 6.07) is 13.0. The zero-order valence-electron chi connectivity index (χ0n) is 16.3. The van der Waals surface area contributed by atoms with Crippen molar-refractivity contribution in [2.45, 2.75) is 26.3 Å². The molecular formula is C22H23FN4O2. The van der Waals surface area contributed by atoms with E-state index in [1.165, 1.54) is 28.8 Å². The molecule has 3 aromatic rings. The number of amides is 1. The van der Waals surface area contributed by atoms with Crippen molar-refractivity contribution in [3.05, 3.63) is 64.8 Å². The molecule has 2 heterocycles. The third kappa shape index (κ3) is 4.13. The Labute approximate surface area is 168 Å². The van der Waals surface area contributed by atoms with Gasteiger partial charge in [0, 0.05) is 24.2 Å². The van der Waals surface area contributed by atoms with Crippen LogP contribution in [0.1, 0.15) is 19.8 Å². The number of nitrogens with zero attached hydrogens (tertiary/aromatic N) is 3. The number of rotatable bonds is 4. The average Bonchev–Trinajstić information content (AvgIpc) is 2.72. The lowest BCUT2D eigenvalue weighted by molar-refractivity contribution is -0.116. The number of carbonyl (C=O) groups excluding carboxylic acids is 1. The Bertz CT molecular complexity index is 1090. The van der Waals surface area contributed by atoms with Crippen molar-refractivity contribution < 1.29 is 9.18 Å². The quantitative estimate of drug-likeness (QED) is 0.736. The third-order valence-corrected chi connectivity index (χ3v) is 5.38. The minimum absolute atomic E-state index is 0.166. The molecule has 4 rings (SSSR count). The van der Waals surface area contributed by atoms with Crippen molar-refractivity contribution in [2.75, 3.05) is 23.3 Å². The molecule has 1 aliphatic rings. The largest absolute Gasteiger partial charge is 0.356 e. The van der Waals surface area contributed by atoms with Gasteiger partial charge in [-0.25, -0.2) is 9.18 Å². The van der Waals surface area contributed by atoms with Crippen molar-refractivity contribution in [3.63, 3.8) is 0 Å². The number of aromatic nitrogens is 2. The van der Waals surface area contributed by atoms with Crippen molar-refractivity contribution in [1.82, 2.24) is 9.55 Å². The first-order valence-corrected chi connectivity index (χ1v) is 9.81. The standard InChI is InChI=1S/C22H23FN4O2/c1-15-10-12-26(13-11-15)21-18-4-2-3-5-19(18)27(22(29)25-21)14-20(28)24-17-8-6-16(23)7-9-17/h2-9,15H,10-14H2,1H3,(H,24,28). The van der Waals surface area contributed by atoms with Gasteiger partial charge < -0.3 is 10.2 Å². The highest BCUT2D eigenvalue weighted by Crippen LogP contribution is 2.27. The Balaban J connectivity index is 1.64. The molecule has 0 unspecified atom stereocenters. The van der Waals surface area contributed by atoms with E-state index in [1.54, 1.807) is 0 Å². The smallest absolute Gasteiger partial charge is 0.350 e. The molecule has 1 amide bonds. The molecule has 1 N–H and O–H groups in total. The first kappa shape index (κ1) is 19.1. The van der Waals surface area contributed by atoms with Crippen molar-refractivity contribution in [3.8, 4) is 0 Å². The van der Waals surface area contributed by atoms with Gasteiger partial charge in [-0.2, -0.15) is 4.98 Å². The summed E-state index contributed by atoms with van der Waals surface area (Å²) in [5.41, 5.74) is 0.697. The molecule has 0 radical (unpaired) electrons. The van der Waals surface area contributed by atoms with Gasteiger partial charge in [-0.3, -0.25) is 9.36 Å². The third-order valence-electron chi connectivity index (χ3n) is 5.38. The molecule has 6 nitrogen and oxygen atoms in total. The average molecular weight is 394 g/mol. The minimum Gasteiger partial charge on any atom is -0.356 e. The van der Waals surface area contributed by atoms with Crippen LogP contribution in [0.3, 0.4) is 0 Å². The normalized spacial score (nSPS) is 14.9. The van der Waals surface area contributed by atoms with Crippen LogP contribution in [0.25, 0.3) is 10.9 Å². The number of hydrogen-bond donors (Lipinski definition) is 1. The molecule has 1 aromatic heterocycles. The molecule has 0 atom stereocenters. The molecule has 150 valence electrons. The second-order valence-electron chi connectivity index (χ2n) is 7.55. The van der Waals surface area contributed by atoms with Gasteiger partial charge in [0.1, 0.15) is 18.2 Å². The number of halogens is 1. The number of benzene rings is 2. The van der Waals surface area contributed by atoms with Gasteiger partial charge in [0.15, 0.2) is 0 Å². The summed E-state index contributed by atoms with van der Waals surface area (Å²) in [6.45, 7) is 3.81. The van der Waals surface area contributed by atoms with Crippen LogP contribution in [0.5, 0.6) is 0 Å². The van der Waals surface area contributed by atoms with Crippen LogP contribution in [0.15, 0.2) is 53.3 Å². The molecule has 0 aliphatic carbocycles. The lowest BCUT2D eigenvalue weighted by Gasteiger charge is -2.32. The van der Waals surface area contributed by atoms with Crippen molar-refractivity contribution in [1.29, 1.82) is 0 Å². The van der Waals surface area contributed by atoms with Gasteiger partial charge in [-0.1, -0.05) is 19.1 Å². The second kappa shape index (κ2) is 8.03. The zero-order chi connectivity index (χ0) is 20.4. The first-order chi connectivity index (χ1) is 14.0.